The van der Waals surface area contributed by atoms with Crippen LogP contribution in [0.15, 0.2) is 77.9 Å². The molecule has 0 saturated carbocycles. The van der Waals surface area contributed by atoms with E-state index >= 15 is 0 Å². The first kappa shape index (κ1) is 27.2. The lowest BCUT2D eigenvalue weighted by molar-refractivity contribution is -0.130. The number of benzene rings is 4. The molecule has 0 aromatic heterocycles. The van der Waals surface area contributed by atoms with Gasteiger partial charge in [-0.05, 0) is 65.6 Å². The molecule has 0 unspecified atom stereocenters. The van der Waals surface area contributed by atoms with Gasteiger partial charge in [-0.25, -0.2) is 5.43 Å². The fourth-order valence-electron chi connectivity index (χ4n) is 5.07. The van der Waals surface area contributed by atoms with E-state index in [9.17, 15) is 14.7 Å². The lowest BCUT2D eigenvalue weighted by atomic mass is 9.97. The zero-order valence-corrected chi connectivity index (χ0v) is 23.3. The summed E-state index contributed by atoms with van der Waals surface area (Å²) in [6.45, 7) is 7.30. The second-order valence-electron chi connectivity index (χ2n) is 9.99. The number of hydrogen-bond acceptors (Lipinski definition) is 5. The number of aromatic hydroxyl groups is 1. The van der Waals surface area contributed by atoms with Crippen molar-refractivity contribution in [1.29, 1.82) is 0 Å². The first-order valence-electron chi connectivity index (χ1n) is 13.2. The Bertz CT molecular complexity index is 1610. The van der Waals surface area contributed by atoms with Crippen LogP contribution in [-0.4, -0.2) is 54.2 Å². The van der Waals surface area contributed by atoms with Gasteiger partial charge in [-0.3, -0.25) is 9.59 Å². The Morgan fingerprint density at radius 3 is 2.45 bits per heavy atom. The molecule has 7 nitrogen and oxygen atoms in total. The van der Waals surface area contributed by atoms with Gasteiger partial charge in [0, 0.05) is 43.0 Å². The van der Waals surface area contributed by atoms with Crippen molar-refractivity contribution in [1.82, 2.24) is 10.3 Å². The highest BCUT2D eigenvalue weighted by Crippen LogP contribution is 2.26. The maximum Gasteiger partial charge on any atom is 0.271 e. The number of phenols is 1. The maximum atomic E-state index is 13.3. The predicted octanol–water partition coefficient (Wildman–Crippen LogP) is 5.47. The van der Waals surface area contributed by atoms with E-state index in [1.807, 2.05) is 41.3 Å². The quantitative estimate of drug-likeness (QED) is 0.244. The van der Waals surface area contributed by atoms with Gasteiger partial charge in [0.2, 0.25) is 5.91 Å². The lowest BCUT2D eigenvalue weighted by Crippen LogP contribution is -2.49. The van der Waals surface area contributed by atoms with Gasteiger partial charge in [0.25, 0.3) is 5.91 Å². The van der Waals surface area contributed by atoms with Crippen molar-refractivity contribution in [2.45, 2.75) is 20.3 Å². The minimum atomic E-state index is -0.442. The van der Waals surface area contributed by atoms with Gasteiger partial charge in [0.05, 0.1) is 17.7 Å². The molecule has 4 aromatic rings. The standard InChI is InChI=1S/C32H31ClN4O3/c1-21-6-5-9-29(22(21)2)36-14-16-37(17-15-36)31(39)19-23-10-11-25(27-8-4-3-7-26(23)27)20-34-35-32(40)24-12-13-30(38)28(33)18-24/h3-13,18,20,38H,14-17,19H2,1-2H3,(H,35,40)/b34-20+. The number of phenolic OH excluding ortho intramolecular Hbond substituents is 1. The van der Waals surface area contributed by atoms with E-state index in [0.717, 1.165) is 35.0 Å². The van der Waals surface area contributed by atoms with Crippen LogP contribution in [0, 0.1) is 13.8 Å². The molecule has 1 fully saturated rings. The smallest absolute Gasteiger partial charge is 0.271 e. The third kappa shape index (κ3) is 5.80. The van der Waals surface area contributed by atoms with Crippen molar-refractivity contribution in [2.24, 2.45) is 5.10 Å². The molecule has 1 saturated heterocycles. The number of nitrogens with zero attached hydrogens (tertiary/aromatic N) is 3. The van der Waals surface area contributed by atoms with Gasteiger partial charge in [-0.15, -0.1) is 0 Å². The number of piperazine rings is 1. The third-order valence-electron chi connectivity index (χ3n) is 7.52. The summed E-state index contributed by atoms with van der Waals surface area (Å²) < 4.78 is 0. The second kappa shape index (κ2) is 11.8. The van der Waals surface area contributed by atoms with Crippen LogP contribution >= 0.6 is 11.6 Å². The first-order chi connectivity index (χ1) is 19.3. The van der Waals surface area contributed by atoms with Crippen LogP contribution in [-0.2, 0) is 11.2 Å². The van der Waals surface area contributed by atoms with E-state index < -0.39 is 5.91 Å². The Morgan fingerprint density at radius 2 is 1.70 bits per heavy atom. The fourth-order valence-corrected chi connectivity index (χ4v) is 5.25. The third-order valence-corrected chi connectivity index (χ3v) is 7.82. The van der Waals surface area contributed by atoms with Crippen molar-refractivity contribution in [3.05, 3.63) is 106 Å². The molecule has 1 aliphatic heterocycles. The Labute approximate surface area is 238 Å². The van der Waals surface area contributed by atoms with Gasteiger partial charge < -0.3 is 14.9 Å². The molecule has 40 heavy (non-hydrogen) atoms. The molecule has 0 spiro atoms. The molecule has 8 heteroatoms. The van der Waals surface area contributed by atoms with Crippen LogP contribution in [0.4, 0.5) is 5.69 Å². The zero-order chi connectivity index (χ0) is 28.2. The summed E-state index contributed by atoms with van der Waals surface area (Å²) in [5.41, 5.74) is 8.38. The molecule has 5 rings (SSSR count). The number of carbonyl (C=O) groups excluding carboxylic acids is 2. The average molecular weight is 555 g/mol. The summed E-state index contributed by atoms with van der Waals surface area (Å²) in [7, 11) is 0. The summed E-state index contributed by atoms with van der Waals surface area (Å²) in [6.07, 6.45) is 1.90. The van der Waals surface area contributed by atoms with Crippen LogP contribution in [0.5, 0.6) is 5.75 Å². The number of aryl methyl sites for hydroxylation is 1. The van der Waals surface area contributed by atoms with Crippen LogP contribution in [0.1, 0.15) is 32.6 Å². The van der Waals surface area contributed by atoms with E-state index in [4.69, 9.17) is 11.6 Å². The number of anilines is 1. The number of amides is 2. The highest BCUT2D eigenvalue weighted by Gasteiger charge is 2.23. The topological polar surface area (TPSA) is 85.2 Å². The van der Waals surface area contributed by atoms with E-state index in [2.05, 4.69) is 47.5 Å². The van der Waals surface area contributed by atoms with Crippen molar-refractivity contribution in [2.75, 3.05) is 31.1 Å². The highest BCUT2D eigenvalue weighted by molar-refractivity contribution is 6.32. The zero-order valence-electron chi connectivity index (χ0n) is 22.5. The van der Waals surface area contributed by atoms with E-state index in [0.29, 0.717) is 19.5 Å². The van der Waals surface area contributed by atoms with E-state index in [1.54, 1.807) is 6.21 Å². The average Bonchev–Trinajstić information content (AvgIpc) is 2.97. The summed E-state index contributed by atoms with van der Waals surface area (Å²) in [6, 6.07) is 22.3. The number of rotatable bonds is 6. The molecule has 0 atom stereocenters. The van der Waals surface area contributed by atoms with Crippen LogP contribution in [0.25, 0.3) is 10.8 Å². The monoisotopic (exact) mass is 554 g/mol. The summed E-state index contributed by atoms with van der Waals surface area (Å²) in [5, 5.41) is 15.7. The Hall–Kier alpha value is -4.36. The molecule has 204 valence electrons. The molecule has 1 aliphatic rings. The number of hydrazone groups is 1. The van der Waals surface area contributed by atoms with Gasteiger partial charge >= 0.3 is 0 Å². The Morgan fingerprint density at radius 1 is 0.950 bits per heavy atom. The first-order valence-corrected chi connectivity index (χ1v) is 13.6. The van der Waals surface area contributed by atoms with Crippen LogP contribution in [0.2, 0.25) is 5.02 Å². The van der Waals surface area contributed by atoms with Crippen molar-refractivity contribution < 1.29 is 14.7 Å². The summed E-state index contributed by atoms with van der Waals surface area (Å²) in [4.78, 5) is 30.0. The molecule has 0 bridgehead atoms. The Kier molecular flexibility index (Phi) is 8.03. The van der Waals surface area contributed by atoms with Gasteiger partial charge in [-0.2, -0.15) is 5.10 Å². The van der Waals surface area contributed by atoms with Crippen molar-refractivity contribution >= 4 is 46.1 Å². The Balaban J connectivity index is 1.25. The van der Waals surface area contributed by atoms with E-state index in [-0.39, 0.29) is 22.2 Å². The van der Waals surface area contributed by atoms with Gasteiger partial charge in [0.1, 0.15) is 5.75 Å². The molecule has 2 amide bonds. The SMILES string of the molecule is Cc1cccc(N2CCN(C(=O)Cc3ccc(/C=N/NC(=O)c4ccc(O)c(Cl)c4)c4ccccc34)CC2)c1C. The largest absolute Gasteiger partial charge is 0.506 e. The van der Waals surface area contributed by atoms with Crippen molar-refractivity contribution in [3.63, 3.8) is 0 Å². The molecule has 1 heterocycles. The number of nitrogens with one attached hydrogen (secondary N) is 1. The molecular formula is C32H31ClN4O3. The van der Waals surface area contributed by atoms with Gasteiger partial charge in [-0.1, -0.05) is 60.1 Å². The predicted molar refractivity (Wildman–Crippen MR) is 161 cm³/mol. The number of fused-ring (bicyclic) bond motifs is 1. The number of halogens is 1. The summed E-state index contributed by atoms with van der Waals surface area (Å²) in [5.74, 6) is -0.416. The maximum absolute atomic E-state index is 13.3. The van der Waals surface area contributed by atoms with Crippen LogP contribution in [0.3, 0.4) is 0 Å². The molecule has 0 aliphatic carbocycles. The normalized spacial score (nSPS) is 13.7. The minimum absolute atomic E-state index is 0.0913. The van der Waals surface area contributed by atoms with Crippen molar-refractivity contribution in [3.8, 4) is 5.75 Å². The molecule has 0 radical (unpaired) electrons. The molecule has 2 N–H and O–H groups in total. The van der Waals surface area contributed by atoms with Crippen LogP contribution < -0.4 is 10.3 Å². The van der Waals surface area contributed by atoms with Gasteiger partial charge in [0.15, 0.2) is 0 Å². The second-order valence-corrected chi connectivity index (χ2v) is 10.4. The number of carbonyl (C=O) groups is 2. The summed E-state index contributed by atoms with van der Waals surface area (Å²) >= 11 is 5.90. The molecule has 4 aromatic carbocycles. The molecular weight excluding hydrogens is 524 g/mol. The lowest BCUT2D eigenvalue weighted by Gasteiger charge is -2.37. The fraction of sp³-hybridized carbons (Fsp3) is 0.219. The van der Waals surface area contributed by atoms with E-state index in [1.165, 1.54) is 35.0 Å². The number of hydrogen-bond donors (Lipinski definition) is 2. The highest BCUT2D eigenvalue weighted by atomic mass is 35.5. The minimum Gasteiger partial charge on any atom is -0.506 e.